The molecule has 4 rings (SSSR count). The molecular weight excluding hydrogens is 342 g/mol. The molecule has 1 aromatic carbocycles. The zero-order valence-electron chi connectivity index (χ0n) is 13.7. The van der Waals surface area contributed by atoms with E-state index in [2.05, 4.69) is 5.10 Å². The van der Waals surface area contributed by atoms with Gasteiger partial charge in [0.2, 0.25) is 11.3 Å². The highest BCUT2D eigenvalue weighted by Gasteiger charge is 2.47. The van der Waals surface area contributed by atoms with E-state index in [1.54, 1.807) is 29.2 Å². The van der Waals surface area contributed by atoms with Gasteiger partial charge in [-0.25, -0.2) is 8.42 Å². The third kappa shape index (κ3) is 2.95. The van der Waals surface area contributed by atoms with Gasteiger partial charge in [-0.1, -0.05) is 12.1 Å². The Hall–Kier alpha value is -2.22. The molecule has 0 bridgehead atoms. The van der Waals surface area contributed by atoms with Crippen LogP contribution in [0.15, 0.2) is 35.3 Å². The number of amides is 1. The van der Waals surface area contributed by atoms with Gasteiger partial charge in [0.05, 0.1) is 23.2 Å². The average molecular weight is 361 g/mol. The van der Waals surface area contributed by atoms with Gasteiger partial charge in [-0.3, -0.25) is 14.3 Å². The van der Waals surface area contributed by atoms with Gasteiger partial charge in [-0.05, 0) is 25.0 Å². The van der Waals surface area contributed by atoms with E-state index in [4.69, 9.17) is 0 Å². The highest BCUT2D eigenvalue weighted by Crippen LogP contribution is 2.40. The van der Waals surface area contributed by atoms with Crippen LogP contribution in [0, 0.1) is 5.41 Å². The maximum absolute atomic E-state index is 12.7. The Morgan fingerprint density at radius 1 is 1.24 bits per heavy atom. The number of para-hydroxylation sites is 1. The van der Waals surface area contributed by atoms with Crippen molar-refractivity contribution in [2.45, 2.75) is 19.4 Å². The lowest BCUT2D eigenvalue weighted by atomic mass is 9.87. The molecule has 1 atom stereocenters. The summed E-state index contributed by atoms with van der Waals surface area (Å²) in [4.78, 5) is 26.3. The van der Waals surface area contributed by atoms with Crippen LogP contribution in [0.3, 0.4) is 0 Å². The van der Waals surface area contributed by atoms with E-state index in [0.717, 1.165) is 6.42 Å². The number of hydrogen-bond donors (Lipinski definition) is 0. The van der Waals surface area contributed by atoms with E-state index in [1.807, 2.05) is 0 Å². The molecule has 25 heavy (non-hydrogen) atoms. The van der Waals surface area contributed by atoms with Crippen molar-refractivity contribution >= 4 is 26.6 Å². The van der Waals surface area contributed by atoms with Crippen LogP contribution in [0.5, 0.6) is 0 Å². The van der Waals surface area contributed by atoms with Gasteiger partial charge in [-0.15, -0.1) is 0 Å². The largest absolute Gasteiger partial charge is 0.340 e. The fraction of sp³-hybridized carbons (Fsp3) is 0.471. The first-order valence-corrected chi connectivity index (χ1v) is 10.1. The summed E-state index contributed by atoms with van der Waals surface area (Å²) in [6.45, 7) is 1.11. The van der Waals surface area contributed by atoms with Crippen molar-refractivity contribution in [1.29, 1.82) is 0 Å². The Balaban J connectivity index is 1.54. The molecule has 8 heteroatoms. The van der Waals surface area contributed by atoms with Crippen LogP contribution < -0.4 is 5.43 Å². The fourth-order valence-corrected chi connectivity index (χ4v) is 6.17. The number of carbonyl (C=O) groups is 1. The molecule has 132 valence electrons. The van der Waals surface area contributed by atoms with Crippen molar-refractivity contribution in [3.05, 3.63) is 40.7 Å². The molecule has 1 spiro atoms. The smallest absolute Gasteiger partial charge is 0.244 e. The van der Waals surface area contributed by atoms with E-state index in [9.17, 15) is 18.0 Å². The normalized spacial score (nSPS) is 25.0. The van der Waals surface area contributed by atoms with Crippen LogP contribution in [0.25, 0.3) is 10.9 Å². The molecule has 0 N–H and O–H groups in total. The Labute approximate surface area is 145 Å². The van der Waals surface area contributed by atoms with E-state index in [1.165, 1.54) is 10.9 Å². The fourth-order valence-electron chi connectivity index (χ4n) is 3.97. The number of likely N-dealkylation sites (tertiary alicyclic amines) is 1. The second-order valence-corrected chi connectivity index (χ2v) is 9.28. The van der Waals surface area contributed by atoms with E-state index >= 15 is 0 Å². The molecule has 2 aliphatic heterocycles. The SMILES string of the molecule is O=C(Cn1ncc(=O)c2ccccc21)N1CCC2(CCS(=O)(=O)C2)C1. The summed E-state index contributed by atoms with van der Waals surface area (Å²) in [6.07, 6.45) is 2.60. The molecule has 2 aromatic rings. The monoisotopic (exact) mass is 361 g/mol. The third-order valence-corrected chi connectivity index (χ3v) is 7.19. The summed E-state index contributed by atoms with van der Waals surface area (Å²) >= 11 is 0. The van der Waals surface area contributed by atoms with E-state index in [-0.39, 0.29) is 34.8 Å². The van der Waals surface area contributed by atoms with Crippen LogP contribution >= 0.6 is 0 Å². The van der Waals surface area contributed by atoms with E-state index in [0.29, 0.717) is 30.4 Å². The summed E-state index contributed by atoms with van der Waals surface area (Å²) in [6, 6.07) is 7.07. The van der Waals surface area contributed by atoms with Crippen molar-refractivity contribution in [1.82, 2.24) is 14.7 Å². The predicted molar refractivity (Wildman–Crippen MR) is 92.9 cm³/mol. The number of nitrogens with zero attached hydrogens (tertiary/aromatic N) is 3. The van der Waals surface area contributed by atoms with Crippen molar-refractivity contribution in [3.8, 4) is 0 Å². The summed E-state index contributed by atoms with van der Waals surface area (Å²) in [5.41, 5.74) is 0.185. The molecule has 2 aliphatic rings. The van der Waals surface area contributed by atoms with Crippen LogP contribution in [0.2, 0.25) is 0 Å². The van der Waals surface area contributed by atoms with E-state index < -0.39 is 9.84 Å². The molecule has 1 amide bonds. The molecule has 7 nitrogen and oxygen atoms in total. The first-order valence-electron chi connectivity index (χ1n) is 8.31. The average Bonchev–Trinajstić information content (AvgIpc) is 3.13. The Kier molecular flexibility index (Phi) is 3.68. The van der Waals surface area contributed by atoms with Crippen LogP contribution in [-0.2, 0) is 21.2 Å². The lowest BCUT2D eigenvalue weighted by Gasteiger charge is -2.22. The van der Waals surface area contributed by atoms with Gasteiger partial charge in [0.1, 0.15) is 6.54 Å². The summed E-state index contributed by atoms with van der Waals surface area (Å²) in [7, 11) is -2.97. The number of fused-ring (bicyclic) bond motifs is 1. The van der Waals surface area contributed by atoms with Crippen molar-refractivity contribution in [2.24, 2.45) is 5.41 Å². The standard InChI is InChI=1S/C17H19N3O4S/c21-15-9-18-20(14-4-2-1-3-13(14)15)10-16(22)19-7-5-17(11-19)6-8-25(23,24)12-17/h1-4,9H,5-8,10-12H2. The van der Waals surface area contributed by atoms with Gasteiger partial charge in [0, 0.05) is 23.9 Å². The molecule has 1 unspecified atom stereocenters. The maximum Gasteiger partial charge on any atom is 0.244 e. The van der Waals surface area contributed by atoms with Gasteiger partial charge >= 0.3 is 0 Å². The lowest BCUT2D eigenvalue weighted by Crippen LogP contribution is -2.35. The van der Waals surface area contributed by atoms with Crippen molar-refractivity contribution in [2.75, 3.05) is 24.6 Å². The summed E-state index contributed by atoms with van der Waals surface area (Å²) < 4.78 is 25.1. The Morgan fingerprint density at radius 3 is 2.80 bits per heavy atom. The zero-order chi connectivity index (χ0) is 17.7. The van der Waals surface area contributed by atoms with Crippen LogP contribution in [-0.4, -0.2) is 53.6 Å². The topological polar surface area (TPSA) is 89.3 Å². The molecule has 2 saturated heterocycles. The first-order chi connectivity index (χ1) is 11.9. The van der Waals surface area contributed by atoms with Gasteiger partial charge in [0.15, 0.2) is 9.84 Å². The number of carbonyl (C=O) groups excluding carboxylic acids is 1. The number of aromatic nitrogens is 2. The molecule has 2 fully saturated rings. The second-order valence-electron chi connectivity index (χ2n) is 7.09. The number of hydrogen-bond acceptors (Lipinski definition) is 5. The minimum absolute atomic E-state index is 0.0453. The first kappa shape index (κ1) is 16.3. The highest BCUT2D eigenvalue weighted by molar-refractivity contribution is 7.91. The van der Waals surface area contributed by atoms with Gasteiger partial charge < -0.3 is 4.90 Å². The molecule has 0 aliphatic carbocycles. The van der Waals surface area contributed by atoms with Crippen molar-refractivity contribution < 1.29 is 13.2 Å². The number of benzene rings is 1. The Bertz CT molecular complexity index is 1010. The second kappa shape index (κ2) is 5.66. The van der Waals surface area contributed by atoms with Crippen LogP contribution in [0.1, 0.15) is 12.8 Å². The minimum atomic E-state index is -2.97. The highest BCUT2D eigenvalue weighted by atomic mass is 32.2. The summed E-state index contributed by atoms with van der Waals surface area (Å²) in [5, 5.41) is 4.62. The number of sulfone groups is 1. The molecule has 1 aromatic heterocycles. The van der Waals surface area contributed by atoms with Gasteiger partial charge in [0.25, 0.3) is 0 Å². The molecule has 0 saturated carbocycles. The third-order valence-electron chi connectivity index (χ3n) is 5.31. The number of rotatable bonds is 2. The van der Waals surface area contributed by atoms with Gasteiger partial charge in [-0.2, -0.15) is 5.10 Å². The minimum Gasteiger partial charge on any atom is -0.340 e. The Morgan fingerprint density at radius 2 is 2.04 bits per heavy atom. The predicted octanol–water partition coefficient (Wildman–Crippen LogP) is 0.434. The molecule has 3 heterocycles. The lowest BCUT2D eigenvalue weighted by molar-refractivity contribution is -0.131. The molecule has 0 radical (unpaired) electrons. The molecular formula is C17H19N3O4S. The summed E-state index contributed by atoms with van der Waals surface area (Å²) in [5.74, 6) is 0.312. The van der Waals surface area contributed by atoms with Crippen molar-refractivity contribution in [3.63, 3.8) is 0 Å². The van der Waals surface area contributed by atoms with Crippen LogP contribution in [0.4, 0.5) is 0 Å². The zero-order valence-corrected chi connectivity index (χ0v) is 14.5. The maximum atomic E-state index is 12.7. The quantitative estimate of drug-likeness (QED) is 0.774.